The van der Waals surface area contributed by atoms with Crippen LogP contribution in [0.3, 0.4) is 0 Å². The van der Waals surface area contributed by atoms with E-state index in [1.54, 1.807) is 42.9 Å². The molecule has 1 amide bonds. The van der Waals surface area contributed by atoms with Crippen molar-refractivity contribution in [2.45, 2.75) is 5.16 Å². The normalized spacial score (nSPS) is 10.7. The fourth-order valence-electron chi connectivity index (χ4n) is 2.65. The maximum Gasteiger partial charge on any atom is 0.234 e. The van der Waals surface area contributed by atoms with Gasteiger partial charge < -0.3 is 5.32 Å². The van der Waals surface area contributed by atoms with Gasteiger partial charge in [0.05, 0.1) is 11.9 Å². The maximum atomic E-state index is 12.4. The van der Waals surface area contributed by atoms with E-state index in [9.17, 15) is 4.79 Å². The Kier molecular flexibility index (Phi) is 5.83. The molecule has 0 radical (unpaired) electrons. The van der Waals surface area contributed by atoms with Crippen molar-refractivity contribution < 1.29 is 4.79 Å². The van der Waals surface area contributed by atoms with E-state index in [1.165, 1.54) is 11.8 Å². The van der Waals surface area contributed by atoms with E-state index < -0.39 is 0 Å². The van der Waals surface area contributed by atoms with Crippen LogP contribution in [0.4, 0.5) is 5.69 Å². The average Bonchev–Trinajstić information content (AvgIpc) is 3.17. The van der Waals surface area contributed by atoms with Crippen LogP contribution in [0.5, 0.6) is 0 Å². The molecule has 4 aromatic rings. The average molecular weight is 423 g/mol. The lowest BCUT2D eigenvalue weighted by atomic mass is 10.3. The number of para-hydroxylation sites is 1. The van der Waals surface area contributed by atoms with E-state index in [-0.39, 0.29) is 11.7 Å². The third-order valence-corrected chi connectivity index (χ3v) is 5.04. The lowest BCUT2D eigenvalue weighted by Gasteiger charge is -2.10. The third-order valence-electron chi connectivity index (χ3n) is 3.88. The number of carbonyl (C=O) groups excluding carboxylic acids is 1. The van der Waals surface area contributed by atoms with Gasteiger partial charge in [-0.3, -0.25) is 14.3 Å². The zero-order chi connectivity index (χ0) is 20.1. The van der Waals surface area contributed by atoms with E-state index >= 15 is 0 Å². The molecule has 0 bridgehead atoms. The number of amides is 1. The van der Waals surface area contributed by atoms with Gasteiger partial charge in [0.25, 0.3) is 0 Å². The van der Waals surface area contributed by atoms with Crippen LogP contribution in [0.2, 0.25) is 5.02 Å². The fourth-order valence-corrected chi connectivity index (χ4v) is 3.59. The van der Waals surface area contributed by atoms with Gasteiger partial charge in [0.15, 0.2) is 11.0 Å². The van der Waals surface area contributed by atoms with Crippen LogP contribution in [-0.4, -0.2) is 36.4 Å². The number of nitrogens with zero attached hydrogens (tertiary/aromatic N) is 5. The molecule has 0 saturated carbocycles. The smallest absolute Gasteiger partial charge is 0.234 e. The summed E-state index contributed by atoms with van der Waals surface area (Å²) in [6.07, 6.45) is 4.83. The Hall–Kier alpha value is -3.23. The summed E-state index contributed by atoms with van der Waals surface area (Å²) in [5.74, 6) is 0.556. The second-order valence-corrected chi connectivity index (χ2v) is 7.29. The molecule has 2 heterocycles. The van der Waals surface area contributed by atoms with Crippen molar-refractivity contribution in [3.63, 3.8) is 0 Å². The summed E-state index contributed by atoms with van der Waals surface area (Å²) in [5.41, 5.74) is 2.11. The first kappa shape index (κ1) is 19.1. The van der Waals surface area contributed by atoms with Crippen LogP contribution in [0.25, 0.3) is 17.2 Å². The van der Waals surface area contributed by atoms with E-state index in [0.29, 0.717) is 27.4 Å². The van der Waals surface area contributed by atoms with E-state index in [2.05, 4.69) is 25.5 Å². The highest BCUT2D eigenvalue weighted by Crippen LogP contribution is 2.26. The number of carbonyl (C=O) groups is 1. The molecule has 0 fully saturated rings. The van der Waals surface area contributed by atoms with Gasteiger partial charge in [-0.15, -0.1) is 10.2 Å². The molecule has 9 heteroatoms. The minimum Gasteiger partial charge on any atom is -0.325 e. The monoisotopic (exact) mass is 422 g/mol. The number of benzene rings is 2. The minimum absolute atomic E-state index is 0.165. The van der Waals surface area contributed by atoms with Crippen LogP contribution in [0.15, 0.2) is 78.3 Å². The fraction of sp³-hybridized carbons (Fsp3) is 0.0500. The van der Waals surface area contributed by atoms with E-state index in [1.807, 2.05) is 34.9 Å². The molecule has 0 atom stereocenters. The number of aromatic nitrogens is 5. The number of thioether (sulfide) groups is 1. The van der Waals surface area contributed by atoms with E-state index in [4.69, 9.17) is 11.6 Å². The number of hydrogen-bond acceptors (Lipinski definition) is 6. The van der Waals surface area contributed by atoms with Gasteiger partial charge in [0, 0.05) is 28.8 Å². The molecule has 0 spiro atoms. The van der Waals surface area contributed by atoms with Crippen molar-refractivity contribution in [1.82, 2.24) is 24.7 Å². The standard InChI is InChI=1S/C20H15ClN6OS/c21-14-5-4-6-15(11-14)24-18(28)13-29-20-26-25-19(17-12-22-9-10-23-17)27(20)16-7-2-1-3-8-16/h1-12H,13H2,(H,24,28). The van der Waals surface area contributed by atoms with Gasteiger partial charge in [-0.05, 0) is 30.3 Å². The Balaban J connectivity index is 1.57. The van der Waals surface area contributed by atoms with Gasteiger partial charge >= 0.3 is 0 Å². The molecule has 0 aliphatic carbocycles. The highest BCUT2D eigenvalue weighted by atomic mass is 35.5. The molecular weight excluding hydrogens is 408 g/mol. The maximum absolute atomic E-state index is 12.4. The van der Waals surface area contributed by atoms with Crippen LogP contribution >= 0.6 is 23.4 Å². The number of hydrogen-bond donors (Lipinski definition) is 1. The quantitative estimate of drug-likeness (QED) is 0.470. The summed E-state index contributed by atoms with van der Waals surface area (Å²) in [5, 5.41) is 12.5. The third kappa shape index (κ3) is 4.61. The summed E-state index contributed by atoms with van der Waals surface area (Å²) in [4.78, 5) is 20.8. The van der Waals surface area contributed by atoms with Crippen LogP contribution in [0.1, 0.15) is 0 Å². The number of rotatable bonds is 6. The molecule has 0 aliphatic heterocycles. The first-order valence-corrected chi connectivity index (χ1v) is 10.0. The van der Waals surface area contributed by atoms with Gasteiger partial charge in [0.2, 0.25) is 5.91 Å². The van der Waals surface area contributed by atoms with Gasteiger partial charge in [-0.2, -0.15) is 0 Å². The Morgan fingerprint density at radius 3 is 2.69 bits per heavy atom. The molecule has 29 heavy (non-hydrogen) atoms. The second kappa shape index (κ2) is 8.85. The topological polar surface area (TPSA) is 85.6 Å². The van der Waals surface area contributed by atoms with Crippen molar-refractivity contribution >= 4 is 35.0 Å². The molecule has 7 nitrogen and oxygen atoms in total. The van der Waals surface area contributed by atoms with Crippen molar-refractivity contribution in [2.24, 2.45) is 0 Å². The first-order chi connectivity index (χ1) is 14.2. The Bertz CT molecular complexity index is 1120. The lowest BCUT2D eigenvalue weighted by molar-refractivity contribution is -0.113. The molecule has 1 N–H and O–H groups in total. The highest BCUT2D eigenvalue weighted by molar-refractivity contribution is 7.99. The Morgan fingerprint density at radius 2 is 1.93 bits per heavy atom. The SMILES string of the molecule is O=C(CSc1nnc(-c2cnccn2)n1-c1ccccc1)Nc1cccc(Cl)c1. The predicted octanol–water partition coefficient (Wildman–Crippen LogP) is 4.11. The number of anilines is 1. The molecule has 0 aliphatic rings. The zero-order valence-corrected chi connectivity index (χ0v) is 16.6. The van der Waals surface area contributed by atoms with Crippen LogP contribution in [0, 0.1) is 0 Å². The number of nitrogens with one attached hydrogen (secondary N) is 1. The summed E-state index contributed by atoms with van der Waals surface area (Å²) < 4.78 is 1.86. The van der Waals surface area contributed by atoms with Gasteiger partial charge in [-0.25, -0.2) is 4.98 Å². The Morgan fingerprint density at radius 1 is 1.07 bits per heavy atom. The van der Waals surface area contributed by atoms with E-state index in [0.717, 1.165) is 5.69 Å². The number of halogens is 1. The van der Waals surface area contributed by atoms with Crippen LogP contribution < -0.4 is 5.32 Å². The van der Waals surface area contributed by atoms with Crippen LogP contribution in [-0.2, 0) is 4.79 Å². The summed E-state index contributed by atoms with van der Waals surface area (Å²) in [6.45, 7) is 0. The molecular formula is C20H15ClN6OS. The highest BCUT2D eigenvalue weighted by Gasteiger charge is 2.18. The molecule has 0 unspecified atom stereocenters. The molecule has 2 aromatic carbocycles. The molecule has 2 aromatic heterocycles. The second-order valence-electron chi connectivity index (χ2n) is 5.91. The minimum atomic E-state index is -0.166. The first-order valence-electron chi connectivity index (χ1n) is 8.66. The predicted molar refractivity (Wildman–Crippen MR) is 113 cm³/mol. The summed E-state index contributed by atoms with van der Waals surface area (Å²) in [7, 11) is 0. The van der Waals surface area contributed by atoms with Crippen molar-refractivity contribution in [3.05, 3.63) is 78.2 Å². The Labute approximate surface area is 176 Å². The lowest BCUT2D eigenvalue weighted by Crippen LogP contribution is -2.14. The van der Waals surface area contributed by atoms with Crippen molar-refractivity contribution in [1.29, 1.82) is 0 Å². The summed E-state index contributed by atoms with van der Waals surface area (Å²) >= 11 is 7.25. The van der Waals surface area contributed by atoms with Gasteiger partial charge in [-0.1, -0.05) is 47.6 Å². The van der Waals surface area contributed by atoms with Crippen molar-refractivity contribution in [2.75, 3.05) is 11.1 Å². The molecule has 144 valence electrons. The molecule has 0 saturated heterocycles. The zero-order valence-electron chi connectivity index (χ0n) is 15.1. The summed E-state index contributed by atoms with van der Waals surface area (Å²) in [6, 6.07) is 16.7. The van der Waals surface area contributed by atoms with Crippen molar-refractivity contribution in [3.8, 4) is 17.2 Å². The van der Waals surface area contributed by atoms with Gasteiger partial charge in [0.1, 0.15) is 5.69 Å². The largest absolute Gasteiger partial charge is 0.325 e. The molecule has 4 rings (SSSR count).